The Morgan fingerprint density at radius 1 is 1.14 bits per heavy atom. The van der Waals surface area contributed by atoms with E-state index in [1.165, 1.54) is 26.4 Å². The smallest absolute Gasteiger partial charge is 0.496 e. The number of aromatic nitrogens is 4. The summed E-state index contributed by atoms with van der Waals surface area (Å²) in [4.78, 5) is 35.0. The third-order valence-corrected chi connectivity index (χ3v) is 5.31. The van der Waals surface area contributed by atoms with Crippen molar-refractivity contribution in [2.45, 2.75) is 13.5 Å². The van der Waals surface area contributed by atoms with Crippen LogP contribution in [-0.4, -0.2) is 45.0 Å². The topological polar surface area (TPSA) is 138 Å². The van der Waals surface area contributed by atoms with E-state index in [0.29, 0.717) is 5.82 Å². The molecule has 0 aliphatic rings. The Hall–Kier alpha value is -4.39. The van der Waals surface area contributed by atoms with Gasteiger partial charge in [-0.05, 0) is 19.1 Å². The standard InChI is InChI=1S/C22H17ClF2N4O7/c1-9-26-19-18(20(27-9)34-3)28-21(30)29(19)13-7-15(16(6-11(13)23)36-22(31)32)35-8-10-14(33-2)5-4-12(24)17(10)25/h4-7H,8H2,1-3H3,(H,28,30)(H,31,32). The van der Waals surface area contributed by atoms with Crippen molar-refractivity contribution in [3.63, 3.8) is 0 Å². The van der Waals surface area contributed by atoms with Crippen molar-refractivity contribution in [3.05, 3.63) is 62.8 Å². The first-order valence-corrected chi connectivity index (χ1v) is 10.4. The first-order chi connectivity index (χ1) is 17.1. The second kappa shape index (κ2) is 9.70. The molecule has 2 N–H and O–H groups in total. The number of fused-ring (bicyclic) bond motifs is 1. The quantitative estimate of drug-likeness (QED) is 0.272. The Balaban J connectivity index is 1.87. The largest absolute Gasteiger partial charge is 0.511 e. The van der Waals surface area contributed by atoms with E-state index < -0.39 is 30.1 Å². The maximum Gasteiger partial charge on any atom is 0.511 e. The fourth-order valence-corrected chi connectivity index (χ4v) is 3.71. The number of carboxylic acid groups (broad SMARTS) is 1. The summed E-state index contributed by atoms with van der Waals surface area (Å²) in [6.45, 7) is 1.01. The average Bonchev–Trinajstić information content (AvgIpc) is 3.15. The summed E-state index contributed by atoms with van der Waals surface area (Å²) < 4.78 is 49.9. The fraction of sp³-hybridized carbons (Fsp3) is 0.182. The van der Waals surface area contributed by atoms with Gasteiger partial charge >= 0.3 is 11.8 Å². The predicted octanol–water partition coefficient (Wildman–Crippen LogP) is 4.00. The number of benzene rings is 2. The summed E-state index contributed by atoms with van der Waals surface area (Å²) in [5, 5.41) is 9.01. The van der Waals surface area contributed by atoms with Crippen LogP contribution in [0.15, 0.2) is 29.1 Å². The molecule has 2 aromatic carbocycles. The summed E-state index contributed by atoms with van der Waals surface area (Å²) >= 11 is 6.37. The summed E-state index contributed by atoms with van der Waals surface area (Å²) in [5.74, 6) is -2.56. The molecule has 0 saturated heterocycles. The SMILES string of the molecule is COc1ccc(F)c(F)c1COc1cc(-n2c(=O)[nH]c3c(OC)nc(C)nc32)c(Cl)cc1OC(=O)O. The molecule has 0 aliphatic heterocycles. The summed E-state index contributed by atoms with van der Waals surface area (Å²) in [7, 11) is 2.63. The van der Waals surface area contributed by atoms with Crippen LogP contribution in [-0.2, 0) is 6.61 Å². The lowest BCUT2D eigenvalue weighted by atomic mass is 10.2. The number of aromatic amines is 1. The highest BCUT2D eigenvalue weighted by Gasteiger charge is 2.22. The Morgan fingerprint density at radius 3 is 2.56 bits per heavy atom. The van der Waals surface area contributed by atoms with Crippen LogP contribution in [0, 0.1) is 18.6 Å². The van der Waals surface area contributed by atoms with E-state index in [2.05, 4.69) is 15.0 Å². The van der Waals surface area contributed by atoms with E-state index in [4.69, 9.17) is 35.7 Å². The molecule has 0 spiro atoms. The predicted molar refractivity (Wildman–Crippen MR) is 122 cm³/mol. The minimum Gasteiger partial charge on any atom is -0.496 e. The summed E-state index contributed by atoms with van der Waals surface area (Å²) in [5.41, 5.74) is -0.619. The Morgan fingerprint density at radius 2 is 1.89 bits per heavy atom. The molecule has 2 aromatic heterocycles. The van der Waals surface area contributed by atoms with Crippen LogP contribution in [0.5, 0.6) is 23.1 Å². The number of aryl methyl sites for hydroxylation is 1. The highest BCUT2D eigenvalue weighted by Crippen LogP contribution is 2.37. The molecule has 36 heavy (non-hydrogen) atoms. The molecule has 4 rings (SSSR count). The molecule has 0 aliphatic carbocycles. The Labute approximate surface area is 205 Å². The number of nitrogens with one attached hydrogen (secondary N) is 1. The number of hydrogen-bond acceptors (Lipinski definition) is 8. The van der Waals surface area contributed by atoms with E-state index in [1.807, 2.05) is 0 Å². The van der Waals surface area contributed by atoms with Gasteiger partial charge < -0.3 is 24.1 Å². The maximum absolute atomic E-state index is 14.4. The second-order valence-electron chi connectivity index (χ2n) is 7.19. The van der Waals surface area contributed by atoms with Gasteiger partial charge in [0.2, 0.25) is 5.88 Å². The molecule has 14 heteroatoms. The van der Waals surface area contributed by atoms with Crippen LogP contribution in [0.3, 0.4) is 0 Å². The lowest BCUT2D eigenvalue weighted by Crippen LogP contribution is -2.16. The monoisotopic (exact) mass is 522 g/mol. The van der Waals surface area contributed by atoms with Gasteiger partial charge in [0.25, 0.3) is 0 Å². The number of rotatable bonds is 7. The summed E-state index contributed by atoms with van der Waals surface area (Å²) in [6, 6.07) is 4.39. The molecule has 0 atom stereocenters. The van der Waals surface area contributed by atoms with Crippen molar-refractivity contribution in [2.75, 3.05) is 14.2 Å². The molecular formula is C22H17ClF2N4O7. The van der Waals surface area contributed by atoms with Gasteiger partial charge in [0.15, 0.2) is 28.8 Å². The number of hydrogen-bond donors (Lipinski definition) is 2. The maximum atomic E-state index is 14.4. The summed E-state index contributed by atoms with van der Waals surface area (Å²) in [6.07, 6.45) is -1.68. The zero-order valence-electron chi connectivity index (χ0n) is 18.9. The highest BCUT2D eigenvalue weighted by molar-refractivity contribution is 6.32. The molecular weight excluding hydrogens is 506 g/mol. The van der Waals surface area contributed by atoms with Crippen LogP contribution < -0.4 is 24.6 Å². The first-order valence-electron chi connectivity index (χ1n) is 10.1. The van der Waals surface area contributed by atoms with Crippen molar-refractivity contribution in [1.82, 2.24) is 19.5 Å². The van der Waals surface area contributed by atoms with E-state index in [9.17, 15) is 18.4 Å². The molecule has 4 aromatic rings. The van der Waals surface area contributed by atoms with Crippen molar-refractivity contribution in [1.29, 1.82) is 0 Å². The van der Waals surface area contributed by atoms with Crippen LogP contribution in [0.4, 0.5) is 13.6 Å². The molecule has 0 bridgehead atoms. The number of halogens is 3. The van der Waals surface area contributed by atoms with Gasteiger partial charge in [0.05, 0.1) is 30.5 Å². The second-order valence-corrected chi connectivity index (χ2v) is 7.60. The third kappa shape index (κ3) is 4.47. The average molecular weight is 523 g/mol. The number of ether oxygens (including phenoxy) is 4. The number of nitrogens with zero attached hydrogens (tertiary/aromatic N) is 3. The van der Waals surface area contributed by atoms with E-state index in [-0.39, 0.29) is 50.6 Å². The molecule has 2 heterocycles. The van der Waals surface area contributed by atoms with Gasteiger partial charge in [-0.3, -0.25) is 4.98 Å². The lowest BCUT2D eigenvalue weighted by Gasteiger charge is -2.16. The van der Waals surface area contributed by atoms with Gasteiger partial charge in [-0.1, -0.05) is 11.6 Å². The number of imidazole rings is 1. The van der Waals surface area contributed by atoms with Crippen molar-refractivity contribution < 1.29 is 37.6 Å². The molecule has 0 radical (unpaired) electrons. The lowest BCUT2D eigenvalue weighted by molar-refractivity contribution is 0.141. The number of H-pyrrole nitrogens is 1. The molecule has 0 unspecified atom stereocenters. The molecule has 0 fully saturated rings. The fourth-order valence-electron chi connectivity index (χ4n) is 3.47. The van der Waals surface area contributed by atoms with Gasteiger partial charge in [-0.15, -0.1) is 0 Å². The van der Waals surface area contributed by atoms with Gasteiger partial charge in [-0.2, -0.15) is 4.98 Å². The molecule has 0 amide bonds. The third-order valence-electron chi connectivity index (χ3n) is 5.01. The number of carbonyl (C=O) groups is 1. The normalized spacial score (nSPS) is 10.9. The minimum atomic E-state index is -1.68. The van der Waals surface area contributed by atoms with Gasteiger partial charge in [-0.25, -0.2) is 27.9 Å². The van der Waals surface area contributed by atoms with E-state index in [0.717, 1.165) is 16.7 Å². The van der Waals surface area contributed by atoms with Crippen molar-refractivity contribution in [2.24, 2.45) is 0 Å². The molecule has 11 nitrogen and oxygen atoms in total. The van der Waals surface area contributed by atoms with Crippen molar-refractivity contribution >= 4 is 28.9 Å². The Bertz CT molecular complexity index is 1550. The van der Waals surface area contributed by atoms with Crippen LogP contribution >= 0.6 is 11.6 Å². The van der Waals surface area contributed by atoms with E-state index in [1.54, 1.807) is 6.92 Å². The van der Waals surface area contributed by atoms with Gasteiger partial charge in [0.1, 0.15) is 23.7 Å². The molecule has 0 saturated carbocycles. The zero-order chi connectivity index (χ0) is 26.1. The highest BCUT2D eigenvalue weighted by atomic mass is 35.5. The van der Waals surface area contributed by atoms with Crippen molar-refractivity contribution in [3.8, 4) is 28.8 Å². The Kier molecular flexibility index (Phi) is 6.66. The zero-order valence-corrected chi connectivity index (χ0v) is 19.6. The number of methoxy groups -OCH3 is 2. The van der Waals surface area contributed by atoms with E-state index >= 15 is 0 Å². The van der Waals surface area contributed by atoms with Crippen LogP contribution in [0.25, 0.3) is 16.9 Å². The first kappa shape index (κ1) is 24.7. The van der Waals surface area contributed by atoms with Crippen LogP contribution in [0.1, 0.15) is 11.4 Å². The van der Waals surface area contributed by atoms with Crippen LogP contribution in [0.2, 0.25) is 5.02 Å². The molecule has 188 valence electrons. The minimum absolute atomic E-state index is 0.00379. The van der Waals surface area contributed by atoms with Gasteiger partial charge in [0, 0.05) is 12.1 Å².